The van der Waals surface area contributed by atoms with E-state index in [1.165, 1.54) is 31.6 Å². The number of amides is 3. The zero-order valence-electron chi connectivity index (χ0n) is 30.8. The van der Waals surface area contributed by atoms with Gasteiger partial charge in [0.25, 0.3) is 10.1 Å². The summed E-state index contributed by atoms with van der Waals surface area (Å²) >= 11 is 0. The van der Waals surface area contributed by atoms with Crippen molar-refractivity contribution < 1.29 is 46.0 Å². The van der Waals surface area contributed by atoms with Gasteiger partial charge in [0.15, 0.2) is 0 Å². The molecule has 2 aliphatic heterocycles. The van der Waals surface area contributed by atoms with Gasteiger partial charge >= 0.3 is 12.1 Å². The summed E-state index contributed by atoms with van der Waals surface area (Å²) in [5.41, 5.74) is 0.869. The van der Waals surface area contributed by atoms with Crippen LogP contribution in [0.25, 0.3) is 0 Å². The predicted octanol–water partition coefficient (Wildman–Crippen LogP) is 4.56. The number of benzene rings is 1. The maximum atomic E-state index is 13.6. The molecule has 1 aromatic heterocycles. The second-order valence-corrected chi connectivity index (χ2v) is 16.0. The number of ether oxygens (including phenoxy) is 3. The lowest BCUT2D eigenvalue weighted by atomic mass is 9.91. The van der Waals surface area contributed by atoms with E-state index in [-0.39, 0.29) is 49.0 Å². The van der Waals surface area contributed by atoms with Crippen LogP contribution in [0.4, 0.5) is 4.79 Å². The first-order valence-electron chi connectivity index (χ1n) is 17.8. The second kappa shape index (κ2) is 18.5. The van der Waals surface area contributed by atoms with Crippen LogP contribution in [0.2, 0.25) is 0 Å². The van der Waals surface area contributed by atoms with Crippen LogP contribution in [-0.4, -0.2) is 99.2 Å². The molecular weight excluding hydrogens is 692 g/mol. The van der Waals surface area contributed by atoms with E-state index in [2.05, 4.69) is 10.3 Å². The summed E-state index contributed by atoms with van der Waals surface area (Å²) < 4.78 is 46.1. The Morgan fingerprint density at radius 2 is 1.69 bits per heavy atom. The maximum Gasteiger partial charge on any atom is 0.410 e. The van der Waals surface area contributed by atoms with Crippen LogP contribution in [-0.2, 0) is 38.2 Å². The second-order valence-electron chi connectivity index (χ2n) is 14.4. The third-order valence-electron chi connectivity index (χ3n) is 9.13. The van der Waals surface area contributed by atoms with Gasteiger partial charge in [0.05, 0.1) is 36.6 Å². The summed E-state index contributed by atoms with van der Waals surface area (Å²) in [6, 6.07) is 7.14. The zero-order valence-corrected chi connectivity index (χ0v) is 31.6. The highest BCUT2D eigenvalue weighted by molar-refractivity contribution is 7.86. The Kier molecular flexibility index (Phi) is 14.4. The first-order chi connectivity index (χ1) is 24.6. The van der Waals surface area contributed by atoms with E-state index >= 15 is 0 Å². The van der Waals surface area contributed by atoms with Gasteiger partial charge in [-0.15, -0.1) is 0 Å². The van der Waals surface area contributed by atoms with Gasteiger partial charge in [-0.25, -0.2) is 4.79 Å². The molecule has 2 atom stereocenters. The van der Waals surface area contributed by atoms with Crippen molar-refractivity contribution in [1.29, 1.82) is 0 Å². The van der Waals surface area contributed by atoms with Gasteiger partial charge in [-0.3, -0.25) is 23.6 Å². The molecule has 1 aromatic carbocycles. The van der Waals surface area contributed by atoms with E-state index in [0.717, 1.165) is 24.8 Å². The molecule has 3 heterocycles. The molecule has 1 N–H and O–H groups in total. The van der Waals surface area contributed by atoms with E-state index < -0.39 is 33.6 Å². The van der Waals surface area contributed by atoms with Gasteiger partial charge in [0, 0.05) is 38.8 Å². The van der Waals surface area contributed by atoms with E-state index in [4.69, 9.17) is 18.4 Å². The zero-order chi connectivity index (χ0) is 37.9. The van der Waals surface area contributed by atoms with Crippen molar-refractivity contribution in [1.82, 2.24) is 20.1 Å². The minimum absolute atomic E-state index is 0.00266. The largest absolute Gasteiger partial charge is 0.490 e. The van der Waals surface area contributed by atoms with Crippen molar-refractivity contribution in [3.05, 3.63) is 53.9 Å². The molecule has 15 heteroatoms. The Hall–Kier alpha value is -4.24. The number of piperidine rings is 2. The number of pyridine rings is 1. The van der Waals surface area contributed by atoms with E-state index in [1.807, 2.05) is 27.7 Å². The average Bonchev–Trinajstić information content (AvgIpc) is 3.12. The number of carbonyl (C=O) groups is 4. The SMILES string of the molecule is COC(=O)CC(NC(=O)C1CCCN(C(=O)CCC2CCN(C(=O)OC(C)(C)C)CC2)C1)c1cncc(OCCOS(=O)(=O)c2ccc(C)cc2)c1. The highest BCUT2D eigenvalue weighted by atomic mass is 32.2. The van der Waals surface area contributed by atoms with Gasteiger partial charge in [0.1, 0.15) is 24.6 Å². The van der Waals surface area contributed by atoms with Gasteiger partial charge in [-0.1, -0.05) is 17.7 Å². The molecule has 0 bridgehead atoms. The summed E-state index contributed by atoms with van der Waals surface area (Å²) in [6.07, 6.45) is 6.45. The fourth-order valence-electron chi connectivity index (χ4n) is 6.21. The normalized spacial score (nSPS) is 17.6. The topological polar surface area (TPSA) is 171 Å². The van der Waals surface area contributed by atoms with E-state index in [0.29, 0.717) is 56.1 Å². The molecule has 2 fully saturated rings. The van der Waals surface area contributed by atoms with Crippen molar-refractivity contribution in [2.45, 2.75) is 89.2 Å². The minimum atomic E-state index is -3.96. The number of carbonyl (C=O) groups excluding carboxylic acids is 4. The number of hydrogen-bond acceptors (Lipinski definition) is 11. The van der Waals surface area contributed by atoms with Crippen molar-refractivity contribution in [3.63, 3.8) is 0 Å². The Bertz CT molecular complexity index is 1640. The molecule has 0 spiro atoms. The highest BCUT2D eigenvalue weighted by Crippen LogP contribution is 2.27. The number of aryl methyl sites for hydroxylation is 1. The number of rotatable bonds is 14. The van der Waals surface area contributed by atoms with Crippen LogP contribution in [0.15, 0.2) is 47.6 Å². The Labute approximate surface area is 306 Å². The molecule has 0 radical (unpaired) electrons. The van der Waals surface area contributed by atoms with E-state index in [1.54, 1.807) is 28.0 Å². The maximum absolute atomic E-state index is 13.6. The lowest BCUT2D eigenvalue weighted by Gasteiger charge is -2.35. The summed E-state index contributed by atoms with van der Waals surface area (Å²) in [5.74, 6) is -0.662. The fourth-order valence-corrected chi connectivity index (χ4v) is 7.10. The molecule has 2 aromatic rings. The van der Waals surface area contributed by atoms with Crippen LogP contribution in [0.1, 0.15) is 82.9 Å². The summed E-state index contributed by atoms with van der Waals surface area (Å²) in [6.45, 7) is 9.10. The van der Waals surface area contributed by atoms with Crippen LogP contribution in [0.3, 0.4) is 0 Å². The third-order valence-corrected chi connectivity index (χ3v) is 10.5. The monoisotopic (exact) mass is 744 g/mol. The summed E-state index contributed by atoms with van der Waals surface area (Å²) in [4.78, 5) is 59.2. The molecule has 0 aliphatic carbocycles. The number of esters is 1. The van der Waals surface area contributed by atoms with Crippen LogP contribution >= 0.6 is 0 Å². The molecular formula is C37H52N4O10S. The predicted molar refractivity (Wildman–Crippen MR) is 191 cm³/mol. The number of nitrogens with one attached hydrogen (secondary N) is 1. The molecule has 2 aliphatic rings. The number of hydrogen-bond donors (Lipinski definition) is 1. The van der Waals surface area contributed by atoms with Gasteiger partial charge in [0.2, 0.25) is 11.8 Å². The lowest BCUT2D eigenvalue weighted by molar-refractivity contribution is -0.141. The fraction of sp³-hybridized carbons (Fsp3) is 0.595. The lowest BCUT2D eigenvalue weighted by Crippen LogP contribution is -2.46. The van der Waals surface area contributed by atoms with E-state index in [9.17, 15) is 27.6 Å². The molecule has 52 heavy (non-hydrogen) atoms. The number of methoxy groups -OCH3 is 1. The Morgan fingerprint density at radius 3 is 2.37 bits per heavy atom. The van der Waals surface area contributed by atoms with Gasteiger partial charge < -0.3 is 29.3 Å². The average molecular weight is 745 g/mol. The molecule has 3 amide bonds. The van der Waals surface area contributed by atoms with Gasteiger partial charge in [-0.05, 0) is 89.5 Å². The quantitative estimate of drug-likeness (QED) is 0.163. The van der Waals surface area contributed by atoms with Crippen molar-refractivity contribution in [2.75, 3.05) is 46.5 Å². The first-order valence-corrected chi connectivity index (χ1v) is 19.2. The first kappa shape index (κ1) is 40.5. The van der Waals surface area contributed by atoms with Crippen molar-refractivity contribution >= 4 is 34.0 Å². The number of likely N-dealkylation sites (tertiary alicyclic amines) is 2. The summed E-state index contributed by atoms with van der Waals surface area (Å²) in [7, 11) is -2.69. The minimum Gasteiger partial charge on any atom is -0.490 e. The summed E-state index contributed by atoms with van der Waals surface area (Å²) in [5, 5.41) is 2.96. The smallest absolute Gasteiger partial charge is 0.410 e. The van der Waals surface area contributed by atoms with Crippen molar-refractivity contribution in [2.24, 2.45) is 11.8 Å². The highest BCUT2D eigenvalue weighted by Gasteiger charge is 2.32. The molecule has 2 unspecified atom stereocenters. The van der Waals surface area contributed by atoms with Crippen LogP contribution < -0.4 is 10.1 Å². The molecule has 0 saturated carbocycles. The number of aromatic nitrogens is 1. The third kappa shape index (κ3) is 12.5. The van der Waals surface area contributed by atoms with Crippen molar-refractivity contribution in [3.8, 4) is 5.75 Å². The Balaban J connectivity index is 1.27. The van der Waals surface area contributed by atoms with Crippen LogP contribution in [0, 0.1) is 18.8 Å². The standard InChI is InChI=1S/C37H52N4O10S/c1-26-8-11-31(12-9-26)52(46,47)50-20-19-49-30-21-29(23-38-24-30)32(22-34(43)48-5)39-35(44)28-7-6-16-41(25-28)33(42)13-10-27-14-17-40(18-15-27)36(45)51-37(2,3)4/h8-9,11-12,21,23-24,27-28,32H,6-7,10,13-20,22,25H2,1-5H3,(H,39,44). The Morgan fingerprint density at radius 1 is 0.981 bits per heavy atom. The van der Waals surface area contributed by atoms with Crippen LogP contribution in [0.5, 0.6) is 5.75 Å². The van der Waals surface area contributed by atoms with Gasteiger partial charge in [-0.2, -0.15) is 8.42 Å². The molecule has 2 saturated heterocycles. The molecule has 4 rings (SSSR count). The number of nitrogens with zero attached hydrogens (tertiary/aromatic N) is 3. The molecule has 14 nitrogen and oxygen atoms in total. The molecule has 286 valence electrons.